The first kappa shape index (κ1) is 11.0. The highest BCUT2D eigenvalue weighted by Crippen LogP contribution is 2.19. The van der Waals surface area contributed by atoms with Gasteiger partial charge >= 0.3 is 0 Å². The lowest BCUT2D eigenvalue weighted by Gasteiger charge is -2.09. The number of sulfonamides is 1. The van der Waals surface area contributed by atoms with Crippen LogP contribution in [0.15, 0.2) is 23.1 Å². The summed E-state index contributed by atoms with van der Waals surface area (Å²) in [5, 5.41) is 0. The van der Waals surface area contributed by atoms with E-state index in [1.807, 2.05) is 0 Å². The largest absolute Gasteiger partial charge is 0.398 e. The molecule has 1 aromatic carbocycles. The number of benzene rings is 1. The zero-order chi connectivity index (χ0) is 10.8. The minimum Gasteiger partial charge on any atom is -0.398 e. The summed E-state index contributed by atoms with van der Waals surface area (Å²) >= 11 is 0. The predicted molar refractivity (Wildman–Crippen MR) is 56.5 cm³/mol. The second kappa shape index (κ2) is 3.98. The summed E-state index contributed by atoms with van der Waals surface area (Å²) < 4.78 is 25.7. The molecule has 0 aliphatic rings. The molecule has 3 N–H and O–H groups in total. The van der Waals surface area contributed by atoms with Gasteiger partial charge in [-0.05, 0) is 24.6 Å². The van der Waals surface area contributed by atoms with Crippen LogP contribution in [0.1, 0.15) is 12.5 Å². The van der Waals surface area contributed by atoms with Gasteiger partial charge in [0.25, 0.3) is 0 Å². The number of nitrogens with two attached hydrogens (primary N) is 1. The van der Waals surface area contributed by atoms with Gasteiger partial charge in [-0.1, -0.05) is 13.0 Å². The Hall–Kier alpha value is -1.07. The van der Waals surface area contributed by atoms with Gasteiger partial charge in [0.05, 0.1) is 4.90 Å². The molecule has 1 aromatic rings. The lowest BCUT2D eigenvalue weighted by atomic mass is 10.2. The van der Waals surface area contributed by atoms with Gasteiger partial charge in [0, 0.05) is 12.2 Å². The zero-order valence-electron chi connectivity index (χ0n) is 8.24. The number of hydrogen-bond acceptors (Lipinski definition) is 3. The highest BCUT2D eigenvalue weighted by atomic mass is 32.2. The molecule has 4 nitrogen and oxygen atoms in total. The van der Waals surface area contributed by atoms with Crippen molar-refractivity contribution in [3.05, 3.63) is 23.8 Å². The zero-order valence-corrected chi connectivity index (χ0v) is 9.06. The Morgan fingerprint density at radius 1 is 1.43 bits per heavy atom. The fraction of sp³-hybridized carbons (Fsp3) is 0.333. The summed E-state index contributed by atoms with van der Waals surface area (Å²) in [7, 11) is -3.39. The first-order valence-corrected chi connectivity index (χ1v) is 5.82. The van der Waals surface area contributed by atoms with E-state index in [0.29, 0.717) is 17.8 Å². The maximum Gasteiger partial charge on any atom is 0.240 e. The molecule has 1 rings (SSSR count). The van der Waals surface area contributed by atoms with Crippen LogP contribution in [0.3, 0.4) is 0 Å². The summed E-state index contributed by atoms with van der Waals surface area (Å²) in [4.78, 5) is 0.249. The Morgan fingerprint density at radius 3 is 2.64 bits per heavy atom. The monoisotopic (exact) mass is 214 g/mol. The van der Waals surface area contributed by atoms with Crippen LogP contribution in [-0.4, -0.2) is 15.0 Å². The molecule has 0 bridgehead atoms. The van der Waals surface area contributed by atoms with E-state index < -0.39 is 10.0 Å². The summed E-state index contributed by atoms with van der Waals surface area (Å²) in [6.07, 6.45) is 0. The van der Waals surface area contributed by atoms with Crippen molar-refractivity contribution < 1.29 is 8.42 Å². The highest BCUT2D eigenvalue weighted by Gasteiger charge is 2.15. The van der Waals surface area contributed by atoms with Gasteiger partial charge in [-0.25, -0.2) is 13.1 Å². The lowest BCUT2D eigenvalue weighted by Crippen LogP contribution is -2.24. The fourth-order valence-corrected chi connectivity index (χ4v) is 2.50. The first-order chi connectivity index (χ1) is 6.49. The minimum absolute atomic E-state index is 0.249. The van der Waals surface area contributed by atoms with Crippen molar-refractivity contribution in [3.8, 4) is 0 Å². The Bertz CT molecular complexity index is 426. The van der Waals surface area contributed by atoms with Crippen LogP contribution in [0.25, 0.3) is 0 Å². The van der Waals surface area contributed by atoms with Crippen LogP contribution in [0, 0.1) is 6.92 Å². The lowest BCUT2D eigenvalue weighted by molar-refractivity contribution is 0.583. The van der Waals surface area contributed by atoms with E-state index in [1.165, 1.54) is 0 Å². The molecule has 0 amide bonds. The van der Waals surface area contributed by atoms with E-state index in [0.717, 1.165) is 0 Å². The van der Waals surface area contributed by atoms with Gasteiger partial charge in [-0.2, -0.15) is 0 Å². The van der Waals surface area contributed by atoms with Crippen LogP contribution in [0.2, 0.25) is 0 Å². The van der Waals surface area contributed by atoms with E-state index in [1.54, 1.807) is 32.0 Å². The second-order valence-corrected chi connectivity index (χ2v) is 4.71. The number of hydrogen-bond donors (Lipinski definition) is 2. The highest BCUT2D eigenvalue weighted by molar-refractivity contribution is 7.89. The molecule has 5 heteroatoms. The molecule has 0 aliphatic heterocycles. The average molecular weight is 214 g/mol. The average Bonchev–Trinajstić information content (AvgIpc) is 2.09. The van der Waals surface area contributed by atoms with Crippen molar-refractivity contribution in [1.82, 2.24) is 4.72 Å². The third-order valence-corrected chi connectivity index (χ3v) is 3.64. The van der Waals surface area contributed by atoms with Crippen molar-refractivity contribution in [1.29, 1.82) is 0 Å². The molecule has 0 saturated heterocycles. The van der Waals surface area contributed by atoms with Gasteiger partial charge in [0.15, 0.2) is 0 Å². The van der Waals surface area contributed by atoms with Crippen molar-refractivity contribution in [3.63, 3.8) is 0 Å². The Morgan fingerprint density at radius 2 is 2.07 bits per heavy atom. The molecule has 0 saturated carbocycles. The molecule has 78 valence electrons. The Labute approximate surface area is 84.2 Å². The van der Waals surface area contributed by atoms with E-state index >= 15 is 0 Å². The topological polar surface area (TPSA) is 72.2 Å². The van der Waals surface area contributed by atoms with Gasteiger partial charge < -0.3 is 5.73 Å². The molecule has 14 heavy (non-hydrogen) atoms. The quantitative estimate of drug-likeness (QED) is 0.733. The molecule has 0 radical (unpaired) electrons. The summed E-state index contributed by atoms with van der Waals surface area (Å²) in [5.41, 5.74) is 6.70. The van der Waals surface area contributed by atoms with Crippen molar-refractivity contribution in [2.75, 3.05) is 12.3 Å². The summed E-state index contributed by atoms with van der Waals surface area (Å²) in [5.74, 6) is 0. The van der Waals surface area contributed by atoms with Crippen LogP contribution in [0.5, 0.6) is 0 Å². The number of anilines is 1. The van der Waals surface area contributed by atoms with Gasteiger partial charge in [0.2, 0.25) is 10.0 Å². The molecule has 0 aliphatic carbocycles. The molecule has 0 aromatic heterocycles. The maximum absolute atomic E-state index is 11.6. The number of nitrogens with one attached hydrogen (secondary N) is 1. The normalized spacial score (nSPS) is 11.6. The summed E-state index contributed by atoms with van der Waals surface area (Å²) in [6.45, 7) is 3.80. The van der Waals surface area contributed by atoms with E-state index in [4.69, 9.17) is 5.73 Å². The summed E-state index contributed by atoms with van der Waals surface area (Å²) in [6, 6.07) is 4.86. The van der Waals surface area contributed by atoms with E-state index in [-0.39, 0.29) is 4.90 Å². The van der Waals surface area contributed by atoms with Crippen LogP contribution in [0.4, 0.5) is 5.69 Å². The fourth-order valence-electron chi connectivity index (χ4n) is 1.19. The van der Waals surface area contributed by atoms with Crippen LogP contribution in [-0.2, 0) is 10.0 Å². The number of nitrogen functional groups attached to an aromatic ring is 1. The molecular weight excluding hydrogens is 200 g/mol. The predicted octanol–water partition coefficient (Wildman–Crippen LogP) is 0.875. The van der Waals surface area contributed by atoms with Crippen LogP contribution < -0.4 is 10.5 Å². The second-order valence-electron chi connectivity index (χ2n) is 2.97. The van der Waals surface area contributed by atoms with Gasteiger partial charge in [-0.3, -0.25) is 0 Å². The number of rotatable bonds is 3. The first-order valence-electron chi connectivity index (χ1n) is 4.33. The smallest absolute Gasteiger partial charge is 0.240 e. The van der Waals surface area contributed by atoms with E-state index in [9.17, 15) is 8.42 Å². The van der Waals surface area contributed by atoms with Crippen molar-refractivity contribution in [2.24, 2.45) is 0 Å². The SMILES string of the molecule is CCNS(=O)(=O)c1cccc(N)c1C. The molecular formula is C9H14N2O2S. The molecule has 0 unspecified atom stereocenters. The molecule has 0 fully saturated rings. The maximum atomic E-state index is 11.6. The Balaban J connectivity index is 3.27. The standard InChI is InChI=1S/C9H14N2O2S/c1-3-11-14(12,13)9-6-4-5-8(10)7(9)2/h4-6,11H,3,10H2,1-2H3. The molecule has 0 atom stereocenters. The molecule has 0 heterocycles. The minimum atomic E-state index is -3.39. The molecule has 0 spiro atoms. The Kier molecular flexibility index (Phi) is 3.13. The third-order valence-electron chi connectivity index (χ3n) is 1.95. The van der Waals surface area contributed by atoms with Gasteiger partial charge in [0.1, 0.15) is 0 Å². The van der Waals surface area contributed by atoms with E-state index in [2.05, 4.69) is 4.72 Å². The van der Waals surface area contributed by atoms with Crippen LogP contribution >= 0.6 is 0 Å². The third kappa shape index (κ3) is 2.05. The van der Waals surface area contributed by atoms with Crippen molar-refractivity contribution >= 4 is 15.7 Å². The van der Waals surface area contributed by atoms with Gasteiger partial charge in [-0.15, -0.1) is 0 Å². The van der Waals surface area contributed by atoms with Crippen molar-refractivity contribution in [2.45, 2.75) is 18.7 Å².